The second-order valence-electron chi connectivity index (χ2n) is 11.0. The van der Waals surface area contributed by atoms with Gasteiger partial charge < -0.3 is 25.0 Å². The van der Waals surface area contributed by atoms with E-state index in [0.29, 0.717) is 6.42 Å². The molecule has 0 aliphatic heterocycles. The Morgan fingerprint density at radius 3 is 2.20 bits per heavy atom. The molecule has 0 spiro atoms. The van der Waals surface area contributed by atoms with Crippen molar-refractivity contribution < 1.29 is 32.2 Å². The second kappa shape index (κ2) is 19.0. The standard InChI is InChI=1S/C27H50N3O8PS/c28-26-16-17-30(27(32)29-26)21-25(22-31)37-23-39(33,34)38-18-12-20-40(35,36)19-10-8-6-4-2-1-3-5-7-9-13-24-14-11-15-24/h16-17,24-25,31H,1-15,18-23H2,(H,33,34)(H2,28,29,32)/t25-/m0/s1. The molecule has 0 saturated heterocycles. The predicted molar refractivity (Wildman–Crippen MR) is 157 cm³/mol. The number of sulfone groups is 1. The zero-order valence-corrected chi connectivity index (χ0v) is 25.5. The highest BCUT2D eigenvalue weighted by molar-refractivity contribution is 7.91. The lowest BCUT2D eigenvalue weighted by Crippen LogP contribution is -2.32. The van der Waals surface area contributed by atoms with Crippen LogP contribution >= 0.6 is 7.60 Å². The molecule has 1 aromatic rings. The van der Waals surface area contributed by atoms with Gasteiger partial charge in [-0.05, 0) is 24.8 Å². The molecule has 1 heterocycles. The van der Waals surface area contributed by atoms with Gasteiger partial charge in [0.25, 0.3) is 0 Å². The van der Waals surface area contributed by atoms with Crippen LogP contribution in [-0.4, -0.2) is 65.1 Å². The summed E-state index contributed by atoms with van der Waals surface area (Å²) in [6.45, 7) is -0.807. The van der Waals surface area contributed by atoms with Crippen molar-refractivity contribution in [2.75, 3.05) is 36.8 Å². The summed E-state index contributed by atoms with van der Waals surface area (Å²) in [6, 6.07) is 1.41. The van der Waals surface area contributed by atoms with Crippen molar-refractivity contribution >= 4 is 23.3 Å². The molecule has 0 bridgehead atoms. The van der Waals surface area contributed by atoms with Crippen molar-refractivity contribution in [3.63, 3.8) is 0 Å². The van der Waals surface area contributed by atoms with Crippen LogP contribution in [0.2, 0.25) is 0 Å². The number of nitrogens with zero attached hydrogens (tertiary/aromatic N) is 2. The van der Waals surface area contributed by atoms with Crippen LogP contribution in [0.5, 0.6) is 0 Å². The van der Waals surface area contributed by atoms with Gasteiger partial charge in [0, 0.05) is 6.20 Å². The van der Waals surface area contributed by atoms with Gasteiger partial charge in [-0.25, -0.2) is 13.2 Å². The Kier molecular flexibility index (Phi) is 16.6. The molecule has 1 unspecified atom stereocenters. The average Bonchev–Trinajstić information content (AvgIpc) is 2.87. The molecule has 40 heavy (non-hydrogen) atoms. The van der Waals surface area contributed by atoms with E-state index in [1.165, 1.54) is 76.5 Å². The Labute approximate surface area is 239 Å². The van der Waals surface area contributed by atoms with Gasteiger partial charge in [-0.3, -0.25) is 9.13 Å². The van der Waals surface area contributed by atoms with Gasteiger partial charge in [0.15, 0.2) is 0 Å². The molecule has 13 heteroatoms. The van der Waals surface area contributed by atoms with Gasteiger partial charge in [-0.15, -0.1) is 0 Å². The van der Waals surface area contributed by atoms with Crippen molar-refractivity contribution in [2.24, 2.45) is 5.92 Å². The molecule has 0 aromatic carbocycles. The van der Waals surface area contributed by atoms with Crippen molar-refractivity contribution in [2.45, 2.75) is 109 Å². The summed E-state index contributed by atoms with van der Waals surface area (Å²) in [4.78, 5) is 25.3. The number of ether oxygens (including phenoxy) is 1. The SMILES string of the molecule is Nc1ccn(C[C@@H](CO)OCP(=O)(O)OCCCS(=O)(=O)CCCCCCCCCCCCC2CCC2)c(=O)n1. The van der Waals surface area contributed by atoms with E-state index in [9.17, 15) is 27.8 Å². The molecule has 11 nitrogen and oxygen atoms in total. The van der Waals surface area contributed by atoms with E-state index in [4.69, 9.17) is 15.0 Å². The number of hydrogen-bond acceptors (Lipinski definition) is 9. The van der Waals surface area contributed by atoms with Crippen molar-refractivity contribution in [3.05, 3.63) is 22.7 Å². The Morgan fingerprint density at radius 2 is 1.62 bits per heavy atom. The molecule has 1 aliphatic rings. The fourth-order valence-corrected chi connectivity index (χ4v) is 7.03. The minimum absolute atomic E-state index is 0.0541. The number of unbranched alkanes of at least 4 members (excludes halogenated alkanes) is 9. The first kappa shape index (κ1) is 34.9. The van der Waals surface area contributed by atoms with E-state index >= 15 is 0 Å². The number of hydrogen-bond donors (Lipinski definition) is 3. The normalized spacial score (nSPS) is 16.4. The highest BCUT2D eigenvalue weighted by atomic mass is 32.2. The van der Waals surface area contributed by atoms with Crippen LogP contribution in [0.3, 0.4) is 0 Å². The molecular weight excluding hydrogens is 557 g/mol. The molecule has 2 atom stereocenters. The van der Waals surface area contributed by atoms with Crippen molar-refractivity contribution in [1.82, 2.24) is 9.55 Å². The predicted octanol–water partition coefficient (Wildman–Crippen LogP) is 4.26. The number of rotatable bonds is 24. The van der Waals surface area contributed by atoms with Crippen LogP contribution in [-0.2, 0) is 30.2 Å². The molecular formula is C27H50N3O8PS. The first-order valence-corrected chi connectivity index (χ1v) is 18.4. The molecule has 4 N–H and O–H groups in total. The molecule has 1 aromatic heterocycles. The minimum atomic E-state index is -4.17. The van der Waals surface area contributed by atoms with Gasteiger partial charge in [0.1, 0.15) is 22.0 Å². The summed E-state index contributed by atoms with van der Waals surface area (Å²) >= 11 is 0. The smallest absolute Gasteiger partial charge is 0.353 e. The largest absolute Gasteiger partial charge is 0.394 e. The molecule has 1 fully saturated rings. The van der Waals surface area contributed by atoms with Gasteiger partial charge in [-0.1, -0.05) is 83.5 Å². The number of aromatic nitrogens is 2. The Morgan fingerprint density at radius 1 is 1.02 bits per heavy atom. The molecule has 2 rings (SSSR count). The molecule has 1 aliphatic carbocycles. The third-order valence-corrected chi connectivity index (χ3v) is 10.3. The highest BCUT2D eigenvalue weighted by Gasteiger charge is 2.23. The van der Waals surface area contributed by atoms with Crippen LogP contribution in [0.25, 0.3) is 0 Å². The summed E-state index contributed by atoms with van der Waals surface area (Å²) in [7, 11) is -7.42. The number of anilines is 1. The third-order valence-electron chi connectivity index (χ3n) is 7.41. The second-order valence-corrected chi connectivity index (χ2v) is 15.1. The number of nitrogens with two attached hydrogens (primary N) is 1. The molecule has 232 valence electrons. The van der Waals surface area contributed by atoms with Gasteiger partial charge >= 0.3 is 13.3 Å². The number of nitrogen functional groups attached to an aromatic ring is 1. The van der Waals surface area contributed by atoms with Gasteiger partial charge in [0.2, 0.25) is 0 Å². The third kappa shape index (κ3) is 15.6. The van der Waals surface area contributed by atoms with Crippen LogP contribution in [0.4, 0.5) is 5.82 Å². The number of aliphatic hydroxyl groups excluding tert-OH is 1. The summed E-state index contributed by atoms with van der Waals surface area (Å²) in [5.74, 6) is 1.08. The summed E-state index contributed by atoms with van der Waals surface area (Å²) < 4.78 is 48.2. The quantitative estimate of drug-likeness (QED) is 0.114. The monoisotopic (exact) mass is 607 g/mol. The highest BCUT2D eigenvalue weighted by Crippen LogP contribution is 2.42. The Balaban J connectivity index is 1.47. The van der Waals surface area contributed by atoms with Gasteiger partial charge in [0.05, 0.1) is 37.4 Å². The summed E-state index contributed by atoms with van der Waals surface area (Å²) in [5, 5.41) is 9.47. The zero-order chi connectivity index (χ0) is 29.3. The first-order chi connectivity index (χ1) is 19.1. The van der Waals surface area contributed by atoms with E-state index in [1.807, 2.05) is 0 Å². The fourth-order valence-electron chi connectivity index (χ4n) is 4.74. The molecule has 0 amide bonds. The van der Waals surface area contributed by atoms with E-state index in [0.717, 1.165) is 29.7 Å². The van der Waals surface area contributed by atoms with E-state index in [1.54, 1.807) is 0 Å². The number of aliphatic hydroxyl groups is 1. The van der Waals surface area contributed by atoms with E-state index in [2.05, 4.69) is 4.98 Å². The lowest BCUT2D eigenvalue weighted by atomic mass is 9.81. The lowest BCUT2D eigenvalue weighted by Gasteiger charge is -2.24. The lowest BCUT2D eigenvalue weighted by molar-refractivity contribution is 0.0168. The molecule has 0 radical (unpaired) electrons. The van der Waals surface area contributed by atoms with Crippen molar-refractivity contribution in [1.29, 1.82) is 0 Å². The maximum absolute atomic E-state index is 12.3. The fraction of sp³-hybridized carbons (Fsp3) is 0.852. The first-order valence-electron chi connectivity index (χ1n) is 14.8. The summed E-state index contributed by atoms with van der Waals surface area (Å²) in [5.41, 5.74) is 4.80. The maximum Gasteiger partial charge on any atom is 0.353 e. The topological polar surface area (TPSA) is 171 Å². The van der Waals surface area contributed by atoms with Crippen LogP contribution in [0, 0.1) is 5.92 Å². The summed E-state index contributed by atoms with van der Waals surface area (Å²) in [6.07, 6.45) is 17.2. The maximum atomic E-state index is 12.3. The van der Waals surface area contributed by atoms with E-state index < -0.39 is 42.2 Å². The van der Waals surface area contributed by atoms with Crippen molar-refractivity contribution in [3.8, 4) is 0 Å². The van der Waals surface area contributed by atoms with Crippen LogP contribution in [0.15, 0.2) is 17.1 Å². The van der Waals surface area contributed by atoms with Gasteiger partial charge in [-0.2, -0.15) is 4.98 Å². The van der Waals surface area contributed by atoms with Crippen LogP contribution < -0.4 is 11.4 Å². The molecule has 1 saturated carbocycles. The minimum Gasteiger partial charge on any atom is -0.394 e. The Bertz CT molecular complexity index is 1050. The Hall–Kier alpha value is -1.30. The van der Waals surface area contributed by atoms with E-state index in [-0.39, 0.29) is 36.9 Å². The van der Waals surface area contributed by atoms with Crippen LogP contribution in [0.1, 0.15) is 96.3 Å². The average molecular weight is 608 g/mol. The zero-order valence-electron chi connectivity index (χ0n) is 23.8.